The summed E-state index contributed by atoms with van der Waals surface area (Å²) in [6, 6.07) is 7.38. The molecule has 1 aliphatic heterocycles. The van der Waals surface area contributed by atoms with Crippen molar-refractivity contribution in [2.24, 2.45) is 13.0 Å². The van der Waals surface area contributed by atoms with Crippen LogP contribution in [0.3, 0.4) is 0 Å². The second kappa shape index (κ2) is 6.53. The van der Waals surface area contributed by atoms with Gasteiger partial charge in [0.05, 0.1) is 17.7 Å². The Labute approximate surface area is 157 Å². The molecule has 1 aromatic carbocycles. The van der Waals surface area contributed by atoms with Gasteiger partial charge < -0.3 is 10.6 Å². The molecule has 3 heterocycles. The standard InChI is InChI=1S/C19H23N7O/c1-11-7-5-6-8-15(11)23-18(27)16-13(3)22-19-20-10-21-26(19)17(16)14-9-25(4)24-12(14)2/h5-10,13,16-17H,1-4H3,(H,23,27)(H,20,21,22)/t13-,16+,17-/m0/s1. The van der Waals surface area contributed by atoms with Crippen molar-refractivity contribution in [2.75, 3.05) is 10.6 Å². The van der Waals surface area contributed by atoms with Crippen LogP contribution < -0.4 is 10.6 Å². The van der Waals surface area contributed by atoms with E-state index in [1.165, 1.54) is 6.33 Å². The van der Waals surface area contributed by atoms with Gasteiger partial charge in [0, 0.05) is 30.5 Å². The summed E-state index contributed by atoms with van der Waals surface area (Å²) in [5, 5.41) is 15.2. The molecule has 8 heteroatoms. The Morgan fingerprint density at radius 2 is 2.04 bits per heavy atom. The molecule has 4 rings (SSSR count). The smallest absolute Gasteiger partial charge is 0.232 e. The molecule has 2 aromatic heterocycles. The van der Waals surface area contributed by atoms with Crippen molar-refractivity contribution in [3.63, 3.8) is 0 Å². The van der Waals surface area contributed by atoms with Gasteiger partial charge in [-0.3, -0.25) is 9.48 Å². The fraction of sp³-hybridized carbons (Fsp3) is 0.368. The molecule has 27 heavy (non-hydrogen) atoms. The van der Waals surface area contributed by atoms with Crippen LogP contribution in [0.5, 0.6) is 0 Å². The molecule has 3 atom stereocenters. The van der Waals surface area contributed by atoms with Gasteiger partial charge in [0.25, 0.3) is 0 Å². The summed E-state index contributed by atoms with van der Waals surface area (Å²) < 4.78 is 3.55. The number of rotatable bonds is 3. The van der Waals surface area contributed by atoms with Crippen molar-refractivity contribution < 1.29 is 4.79 Å². The minimum Gasteiger partial charge on any atom is -0.351 e. The predicted octanol–water partition coefficient (Wildman–Crippen LogP) is 2.29. The molecule has 1 amide bonds. The molecule has 2 N–H and O–H groups in total. The fourth-order valence-corrected chi connectivity index (χ4v) is 3.81. The fourth-order valence-electron chi connectivity index (χ4n) is 3.81. The van der Waals surface area contributed by atoms with Crippen LogP contribution >= 0.6 is 0 Å². The van der Waals surface area contributed by atoms with Crippen LogP contribution in [0.1, 0.15) is 29.8 Å². The number of fused-ring (bicyclic) bond motifs is 1. The van der Waals surface area contributed by atoms with Crippen molar-refractivity contribution in [3.05, 3.63) is 53.6 Å². The summed E-state index contributed by atoms with van der Waals surface area (Å²) in [4.78, 5) is 17.6. The number of hydrogen-bond donors (Lipinski definition) is 2. The van der Waals surface area contributed by atoms with Gasteiger partial charge in [-0.2, -0.15) is 15.2 Å². The number of carbonyl (C=O) groups is 1. The van der Waals surface area contributed by atoms with E-state index in [0.717, 1.165) is 22.5 Å². The molecule has 140 valence electrons. The molecule has 0 bridgehead atoms. The topological polar surface area (TPSA) is 89.7 Å². The molecule has 0 unspecified atom stereocenters. The number of anilines is 2. The molecule has 0 saturated carbocycles. The van der Waals surface area contributed by atoms with Crippen LogP contribution in [-0.2, 0) is 11.8 Å². The van der Waals surface area contributed by atoms with Crippen LogP contribution in [0, 0.1) is 19.8 Å². The number of carbonyl (C=O) groups excluding carboxylic acids is 1. The summed E-state index contributed by atoms with van der Waals surface area (Å²) in [5.74, 6) is 0.233. The quantitative estimate of drug-likeness (QED) is 0.743. The minimum absolute atomic E-state index is 0.0568. The highest BCUT2D eigenvalue weighted by atomic mass is 16.2. The monoisotopic (exact) mass is 365 g/mol. The Balaban J connectivity index is 1.76. The number of para-hydroxylation sites is 1. The van der Waals surface area contributed by atoms with E-state index in [1.54, 1.807) is 9.36 Å². The van der Waals surface area contributed by atoms with Crippen LogP contribution in [0.4, 0.5) is 11.6 Å². The van der Waals surface area contributed by atoms with Crippen LogP contribution in [-0.4, -0.2) is 36.5 Å². The highest BCUT2D eigenvalue weighted by Crippen LogP contribution is 2.37. The number of amides is 1. The third-order valence-corrected chi connectivity index (χ3v) is 5.15. The van der Waals surface area contributed by atoms with E-state index in [0.29, 0.717) is 5.95 Å². The zero-order valence-electron chi connectivity index (χ0n) is 15.8. The maximum atomic E-state index is 13.3. The number of aryl methyl sites for hydroxylation is 3. The molecular formula is C19H23N7O. The summed E-state index contributed by atoms with van der Waals surface area (Å²) >= 11 is 0. The average molecular weight is 365 g/mol. The Morgan fingerprint density at radius 3 is 2.74 bits per heavy atom. The number of hydrogen-bond acceptors (Lipinski definition) is 5. The Kier molecular flexibility index (Phi) is 4.18. The molecule has 0 saturated heterocycles. The van der Waals surface area contributed by atoms with E-state index in [-0.39, 0.29) is 23.9 Å². The van der Waals surface area contributed by atoms with E-state index >= 15 is 0 Å². The number of benzene rings is 1. The van der Waals surface area contributed by atoms with Crippen molar-refractivity contribution in [1.29, 1.82) is 0 Å². The van der Waals surface area contributed by atoms with Crippen molar-refractivity contribution in [2.45, 2.75) is 32.9 Å². The zero-order chi connectivity index (χ0) is 19.1. The number of nitrogens with zero attached hydrogens (tertiary/aromatic N) is 5. The van der Waals surface area contributed by atoms with Gasteiger partial charge in [-0.15, -0.1) is 0 Å². The molecule has 3 aromatic rings. The molecular weight excluding hydrogens is 342 g/mol. The summed E-state index contributed by atoms with van der Waals surface area (Å²) in [5.41, 5.74) is 3.70. The van der Waals surface area contributed by atoms with Crippen molar-refractivity contribution >= 4 is 17.5 Å². The highest BCUT2D eigenvalue weighted by molar-refractivity contribution is 5.94. The molecule has 0 radical (unpaired) electrons. The molecule has 1 aliphatic rings. The maximum Gasteiger partial charge on any atom is 0.232 e. The first kappa shape index (κ1) is 17.3. The first-order valence-corrected chi connectivity index (χ1v) is 8.98. The van der Waals surface area contributed by atoms with Crippen LogP contribution in [0.2, 0.25) is 0 Å². The average Bonchev–Trinajstić information content (AvgIpc) is 3.21. The first-order valence-electron chi connectivity index (χ1n) is 8.98. The second-order valence-electron chi connectivity index (χ2n) is 7.08. The lowest BCUT2D eigenvalue weighted by atomic mass is 9.85. The third-order valence-electron chi connectivity index (χ3n) is 5.15. The lowest BCUT2D eigenvalue weighted by molar-refractivity contribution is -0.121. The normalized spacial score (nSPS) is 21.4. The predicted molar refractivity (Wildman–Crippen MR) is 102 cm³/mol. The van der Waals surface area contributed by atoms with Gasteiger partial charge in [0.2, 0.25) is 11.9 Å². The van der Waals surface area contributed by atoms with E-state index < -0.39 is 0 Å². The lowest BCUT2D eigenvalue weighted by Crippen LogP contribution is -2.46. The SMILES string of the molecule is Cc1ccccc1NC(=O)[C@@H]1[C@H](C)Nc2ncnn2[C@H]1c1cn(C)nc1C. The van der Waals surface area contributed by atoms with Gasteiger partial charge in [-0.1, -0.05) is 18.2 Å². The van der Waals surface area contributed by atoms with Gasteiger partial charge in [-0.25, -0.2) is 4.68 Å². The van der Waals surface area contributed by atoms with Gasteiger partial charge >= 0.3 is 0 Å². The highest BCUT2D eigenvalue weighted by Gasteiger charge is 2.42. The van der Waals surface area contributed by atoms with Gasteiger partial charge in [0.15, 0.2) is 0 Å². The zero-order valence-corrected chi connectivity index (χ0v) is 15.8. The molecule has 0 spiro atoms. The van der Waals surface area contributed by atoms with Gasteiger partial charge in [0.1, 0.15) is 6.33 Å². The van der Waals surface area contributed by atoms with Crippen LogP contribution in [0.25, 0.3) is 0 Å². The third kappa shape index (κ3) is 2.97. The summed E-state index contributed by atoms with van der Waals surface area (Å²) in [7, 11) is 1.88. The molecule has 8 nitrogen and oxygen atoms in total. The maximum absolute atomic E-state index is 13.3. The van der Waals surface area contributed by atoms with E-state index in [1.807, 2.05) is 58.3 Å². The van der Waals surface area contributed by atoms with E-state index in [2.05, 4.69) is 25.8 Å². The van der Waals surface area contributed by atoms with Crippen LogP contribution in [0.15, 0.2) is 36.8 Å². The van der Waals surface area contributed by atoms with Gasteiger partial charge in [-0.05, 0) is 32.4 Å². The summed E-state index contributed by atoms with van der Waals surface area (Å²) in [6.45, 7) is 5.93. The first-order chi connectivity index (χ1) is 13.0. The Morgan fingerprint density at radius 1 is 1.26 bits per heavy atom. The number of aromatic nitrogens is 5. The van der Waals surface area contributed by atoms with E-state index in [4.69, 9.17) is 0 Å². The lowest BCUT2D eigenvalue weighted by Gasteiger charge is -2.36. The van der Waals surface area contributed by atoms with Crippen molar-refractivity contribution in [1.82, 2.24) is 24.5 Å². The minimum atomic E-state index is -0.373. The molecule has 0 aliphatic carbocycles. The Bertz CT molecular complexity index is 990. The van der Waals surface area contributed by atoms with E-state index in [9.17, 15) is 4.79 Å². The largest absolute Gasteiger partial charge is 0.351 e. The molecule has 0 fully saturated rings. The second-order valence-corrected chi connectivity index (χ2v) is 7.08. The Hall–Kier alpha value is -3.16. The summed E-state index contributed by atoms with van der Waals surface area (Å²) in [6.07, 6.45) is 3.47. The van der Waals surface area contributed by atoms with Crippen molar-refractivity contribution in [3.8, 4) is 0 Å². The number of nitrogens with one attached hydrogen (secondary N) is 2.